The molecule has 2 N–H and O–H groups in total. The van der Waals surface area contributed by atoms with Crippen molar-refractivity contribution in [2.75, 3.05) is 18.4 Å². The molecule has 0 atom stereocenters. The monoisotopic (exact) mass is 262 g/mol. The standard InChI is InChI=1S/C14H18N2O3/c1-2-16(9-10-6-7-10)14(19)15-12-5-3-4-11(8-12)13(17)18/h3-5,8,10H,2,6-7,9H2,1H3,(H,15,19)(H,17,18). The van der Waals surface area contributed by atoms with Crippen molar-refractivity contribution in [1.29, 1.82) is 0 Å². The van der Waals surface area contributed by atoms with Crippen molar-refractivity contribution in [3.8, 4) is 0 Å². The zero-order valence-corrected chi connectivity index (χ0v) is 10.9. The molecular weight excluding hydrogens is 244 g/mol. The Morgan fingerprint density at radius 2 is 2.16 bits per heavy atom. The molecule has 0 radical (unpaired) electrons. The van der Waals surface area contributed by atoms with Gasteiger partial charge in [0, 0.05) is 18.8 Å². The summed E-state index contributed by atoms with van der Waals surface area (Å²) in [5.41, 5.74) is 0.683. The summed E-state index contributed by atoms with van der Waals surface area (Å²) in [6.45, 7) is 3.37. The molecule has 0 aliphatic heterocycles. The van der Waals surface area contributed by atoms with Gasteiger partial charge in [-0.25, -0.2) is 9.59 Å². The maximum Gasteiger partial charge on any atom is 0.335 e. The topological polar surface area (TPSA) is 69.6 Å². The van der Waals surface area contributed by atoms with Gasteiger partial charge in [-0.3, -0.25) is 0 Å². The second-order valence-electron chi connectivity index (χ2n) is 4.80. The van der Waals surface area contributed by atoms with E-state index < -0.39 is 5.97 Å². The summed E-state index contributed by atoms with van der Waals surface area (Å²) >= 11 is 0. The molecule has 19 heavy (non-hydrogen) atoms. The van der Waals surface area contributed by atoms with Gasteiger partial charge in [-0.1, -0.05) is 6.07 Å². The number of carbonyl (C=O) groups excluding carboxylic acids is 1. The first-order valence-corrected chi connectivity index (χ1v) is 6.49. The third-order valence-corrected chi connectivity index (χ3v) is 3.21. The van der Waals surface area contributed by atoms with E-state index in [4.69, 9.17) is 5.11 Å². The molecule has 1 aromatic rings. The fraction of sp³-hybridized carbons (Fsp3) is 0.429. The van der Waals surface area contributed by atoms with Crippen LogP contribution >= 0.6 is 0 Å². The Hall–Kier alpha value is -2.04. The lowest BCUT2D eigenvalue weighted by Gasteiger charge is -2.21. The molecule has 5 nitrogen and oxygen atoms in total. The minimum Gasteiger partial charge on any atom is -0.478 e. The highest BCUT2D eigenvalue weighted by molar-refractivity contribution is 5.93. The molecule has 0 spiro atoms. The van der Waals surface area contributed by atoms with E-state index in [0.29, 0.717) is 18.2 Å². The first kappa shape index (κ1) is 13.4. The predicted octanol–water partition coefficient (Wildman–Crippen LogP) is 2.65. The fourth-order valence-electron chi connectivity index (χ4n) is 1.90. The lowest BCUT2D eigenvalue weighted by molar-refractivity contribution is 0.0697. The molecule has 1 aromatic carbocycles. The van der Waals surface area contributed by atoms with Crippen molar-refractivity contribution in [1.82, 2.24) is 4.90 Å². The predicted molar refractivity (Wildman–Crippen MR) is 72.4 cm³/mol. The summed E-state index contributed by atoms with van der Waals surface area (Å²) in [4.78, 5) is 24.7. The highest BCUT2D eigenvalue weighted by Crippen LogP contribution is 2.29. The number of carboxylic acid groups (broad SMARTS) is 1. The van der Waals surface area contributed by atoms with Crippen LogP contribution < -0.4 is 5.32 Å². The molecule has 0 unspecified atom stereocenters. The number of rotatable bonds is 5. The van der Waals surface area contributed by atoms with Gasteiger partial charge in [-0.15, -0.1) is 0 Å². The van der Waals surface area contributed by atoms with Gasteiger partial charge >= 0.3 is 12.0 Å². The molecular formula is C14H18N2O3. The minimum atomic E-state index is -0.999. The van der Waals surface area contributed by atoms with Crippen LogP contribution in [0.4, 0.5) is 10.5 Å². The van der Waals surface area contributed by atoms with Crippen LogP contribution in [-0.2, 0) is 0 Å². The number of hydrogen-bond acceptors (Lipinski definition) is 2. The average Bonchev–Trinajstić information content (AvgIpc) is 3.20. The molecule has 0 heterocycles. The molecule has 1 fully saturated rings. The summed E-state index contributed by atoms with van der Waals surface area (Å²) in [5, 5.41) is 11.6. The molecule has 0 bridgehead atoms. The van der Waals surface area contributed by atoms with Crippen molar-refractivity contribution in [2.24, 2.45) is 5.92 Å². The van der Waals surface area contributed by atoms with Gasteiger partial charge in [0.05, 0.1) is 5.56 Å². The van der Waals surface area contributed by atoms with E-state index in [1.54, 1.807) is 17.0 Å². The Kier molecular flexibility index (Phi) is 4.04. The summed E-state index contributed by atoms with van der Waals surface area (Å²) < 4.78 is 0. The second-order valence-corrected chi connectivity index (χ2v) is 4.80. The molecule has 1 aliphatic carbocycles. The van der Waals surface area contributed by atoms with E-state index in [2.05, 4.69) is 5.32 Å². The smallest absolute Gasteiger partial charge is 0.335 e. The zero-order valence-electron chi connectivity index (χ0n) is 10.9. The van der Waals surface area contributed by atoms with E-state index in [1.807, 2.05) is 6.92 Å². The van der Waals surface area contributed by atoms with Crippen molar-refractivity contribution in [3.63, 3.8) is 0 Å². The van der Waals surface area contributed by atoms with Crippen LogP contribution in [-0.4, -0.2) is 35.1 Å². The Labute approximate surface area is 112 Å². The number of aromatic carboxylic acids is 1. The highest BCUT2D eigenvalue weighted by Gasteiger charge is 2.26. The van der Waals surface area contributed by atoms with Crippen LogP contribution in [0.25, 0.3) is 0 Å². The normalized spacial score (nSPS) is 13.9. The van der Waals surface area contributed by atoms with Gasteiger partial charge in [0.15, 0.2) is 0 Å². The molecule has 1 saturated carbocycles. The van der Waals surface area contributed by atoms with Crippen molar-refractivity contribution in [3.05, 3.63) is 29.8 Å². The largest absolute Gasteiger partial charge is 0.478 e. The first-order valence-electron chi connectivity index (χ1n) is 6.49. The summed E-state index contributed by atoms with van der Waals surface area (Å²) in [7, 11) is 0. The fourth-order valence-corrected chi connectivity index (χ4v) is 1.90. The van der Waals surface area contributed by atoms with Crippen molar-refractivity contribution >= 4 is 17.7 Å². The Bertz CT molecular complexity index is 483. The summed E-state index contributed by atoms with van der Waals surface area (Å²) in [5.74, 6) is -0.363. The number of benzene rings is 1. The van der Waals surface area contributed by atoms with Crippen LogP contribution in [0, 0.1) is 5.92 Å². The van der Waals surface area contributed by atoms with Crippen LogP contribution in [0.5, 0.6) is 0 Å². The quantitative estimate of drug-likeness (QED) is 0.857. The van der Waals surface area contributed by atoms with Gasteiger partial charge in [-0.05, 0) is 43.9 Å². The number of anilines is 1. The van der Waals surface area contributed by atoms with Crippen LogP contribution in [0.2, 0.25) is 0 Å². The maximum atomic E-state index is 12.1. The number of nitrogens with one attached hydrogen (secondary N) is 1. The van der Waals surface area contributed by atoms with E-state index in [0.717, 1.165) is 6.54 Å². The second kappa shape index (κ2) is 5.73. The number of carboxylic acids is 1. The number of amides is 2. The Morgan fingerprint density at radius 1 is 1.42 bits per heavy atom. The Morgan fingerprint density at radius 3 is 2.74 bits per heavy atom. The summed E-state index contributed by atoms with van der Waals surface area (Å²) in [6.07, 6.45) is 2.39. The van der Waals surface area contributed by atoms with Gasteiger partial charge in [0.1, 0.15) is 0 Å². The van der Waals surface area contributed by atoms with Crippen LogP contribution in [0.1, 0.15) is 30.1 Å². The molecule has 5 heteroatoms. The third-order valence-electron chi connectivity index (χ3n) is 3.21. The lowest BCUT2D eigenvalue weighted by Crippen LogP contribution is -2.36. The highest BCUT2D eigenvalue weighted by atomic mass is 16.4. The van der Waals surface area contributed by atoms with Gasteiger partial charge < -0.3 is 15.3 Å². The van der Waals surface area contributed by atoms with E-state index in [9.17, 15) is 9.59 Å². The molecule has 2 amide bonds. The number of nitrogens with zero attached hydrogens (tertiary/aromatic N) is 1. The third kappa shape index (κ3) is 3.71. The number of hydrogen-bond donors (Lipinski definition) is 2. The van der Waals surface area contributed by atoms with Gasteiger partial charge in [0.25, 0.3) is 0 Å². The van der Waals surface area contributed by atoms with E-state index >= 15 is 0 Å². The molecule has 0 saturated heterocycles. The Balaban J connectivity index is 2.00. The maximum absolute atomic E-state index is 12.1. The molecule has 2 rings (SSSR count). The average molecular weight is 262 g/mol. The SMILES string of the molecule is CCN(CC1CC1)C(=O)Nc1cccc(C(=O)O)c1. The minimum absolute atomic E-state index is 0.169. The number of urea groups is 1. The van der Waals surface area contributed by atoms with Gasteiger partial charge in [-0.2, -0.15) is 0 Å². The molecule has 1 aliphatic rings. The number of carbonyl (C=O) groups is 2. The molecule has 0 aromatic heterocycles. The van der Waals surface area contributed by atoms with E-state index in [-0.39, 0.29) is 11.6 Å². The molecule has 102 valence electrons. The van der Waals surface area contributed by atoms with Gasteiger partial charge in [0.2, 0.25) is 0 Å². The summed E-state index contributed by atoms with van der Waals surface area (Å²) in [6, 6.07) is 6.10. The zero-order chi connectivity index (χ0) is 13.8. The van der Waals surface area contributed by atoms with E-state index in [1.165, 1.54) is 25.0 Å². The lowest BCUT2D eigenvalue weighted by atomic mass is 10.2. The van der Waals surface area contributed by atoms with Crippen LogP contribution in [0.15, 0.2) is 24.3 Å². The van der Waals surface area contributed by atoms with Crippen molar-refractivity contribution < 1.29 is 14.7 Å². The van der Waals surface area contributed by atoms with Crippen molar-refractivity contribution in [2.45, 2.75) is 19.8 Å². The van der Waals surface area contributed by atoms with Crippen LogP contribution in [0.3, 0.4) is 0 Å². The first-order chi connectivity index (χ1) is 9.10.